The van der Waals surface area contributed by atoms with Crippen molar-refractivity contribution in [2.75, 3.05) is 30.4 Å². The highest BCUT2D eigenvalue weighted by Gasteiger charge is 2.10. The van der Waals surface area contributed by atoms with Gasteiger partial charge in [-0.1, -0.05) is 0 Å². The molecular formula is C12H16N2O2. The third kappa shape index (κ3) is 2.52. The number of carbonyl (C=O) groups excluding carboxylic acids is 1. The molecule has 16 heavy (non-hydrogen) atoms. The van der Waals surface area contributed by atoms with Crippen LogP contribution in [0.3, 0.4) is 0 Å². The van der Waals surface area contributed by atoms with E-state index in [1.807, 2.05) is 25.1 Å². The molecule has 1 amide bonds. The third-order valence-corrected chi connectivity index (χ3v) is 2.54. The average molecular weight is 220 g/mol. The molecule has 2 rings (SSSR count). The highest BCUT2D eigenvalue weighted by Crippen LogP contribution is 2.25. The van der Waals surface area contributed by atoms with Crippen molar-refractivity contribution in [3.8, 4) is 0 Å². The van der Waals surface area contributed by atoms with Crippen LogP contribution in [0.5, 0.6) is 0 Å². The summed E-state index contributed by atoms with van der Waals surface area (Å²) < 4.78 is 5.04. The van der Waals surface area contributed by atoms with E-state index in [0.29, 0.717) is 6.61 Å². The molecule has 0 radical (unpaired) electrons. The van der Waals surface area contributed by atoms with Gasteiger partial charge in [-0.2, -0.15) is 0 Å². The fourth-order valence-electron chi connectivity index (χ4n) is 1.77. The summed E-state index contributed by atoms with van der Waals surface area (Å²) in [4.78, 5) is 11.4. The SMILES string of the molecule is CCOCC(=O)Nc1ccc2c(c1)CCN2. The Morgan fingerprint density at radius 3 is 3.25 bits per heavy atom. The van der Waals surface area contributed by atoms with Gasteiger partial charge in [-0.25, -0.2) is 0 Å². The van der Waals surface area contributed by atoms with E-state index in [-0.39, 0.29) is 12.5 Å². The molecule has 1 aliphatic heterocycles. The lowest BCUT2D eigenvalue weighted by Gasteiger charge is -2.07. The van der Waals surface area contributed by atoms with E-state index in [0.717, 1.165) is 18.7 Å². The number of hydrogen-bond donors (Lipinski definition) is 2. The van der Waals surface area contributed by atoms with Crippen LogP contribution in [0.25, 0.3) is 0 Å². The monoisotopic (exact) mass is 220 g/mol. The Hall–Kier alpha value is -1.55. The van der Waals surface area contributed by atoms with Crippen LogP contribution in [0, 0.1) is 0 Å². The number of fused-ring (bicyclic) bond motifs is 1. The zero-order valence-corrected chi connectivity index (χ0v) is 9.38. The van der Waals surface area contributed by atoms with Crippen molar-refractivity contribution in [2.24, 2.45) is 0 Å². The first-order valence-electron chi connectivity index (χ1n) is 5.54. The second-order valence-corrected chi connectivity index (χ2v) is 3.73. The Balaban J connectivity index is 1.97. The number of anilines is 2. The summed E-state index contributed by atoms with van der Waals surface area (Å²) in [5.74, 6) is -0.104. The molecule has 0 aliphatic carbocycles. The van der Waals surface area contributed by atoms with Gasteiger partial charge in [0, 0.05) is 24.5 Å². The van der Waals surface area contributed by atoms with Crippen LogP contribution >= 0.6 is 0 Å². The predicted octanol–water partition coefficient (Wildman–Crippen LogP) is 1.63. The minimum atomic E-state index is -0.104. The van der Waals surface area contributed by atoms with E-state index in [1.54, 1.807) is 0 Å². The Morgan fingerprint density at radius 2 is 2.44 bits per heavy atom. The molecule has 0 saturated heterocycles. The molecule has 4 nitrogen and oxygen atoms in total. The first-order valence-corrected chi connectivity index (χ1v) is 5.54. The molecule has 0 aromatic heterocycles. The van der Waals surface area contributed by atoms with E-state index in [1.165, 1.54) is 11.3 Å². The van der Waals surface area contributed by atoms with E-state index in [4.69, 9.17) is 4.74 Å². The molecule has 4 heteroatoms. The van der Waals surface area contributed by atoms with Crippen LogP contribution in [-0.4, -0.2) is 25.7 Å². The minimum absolute atomic E-state index is 0.104. The van der Waals surface area contributed by atoms with Crippen molar-refractivity contribution >= 4 is 17.3 Å². The lowest BCUT2D eigenvalue weighted by Crippen LogP contribution is -2.18. The molecular weight excluding hydrogens is 204 g/mol. The van der Waals surface area contributed by atoms with Crippen molar-refractivity contribution in [1.29, 1.82) is 0 Å². The van der Waals surface area contributed by atoms with Gasteiger partial charge in [0.25, 0.3) is 0 Å². The molecule has 1 heterocycles. The van der Waals surface area contributed by atoms with Crippen molar-refractivity contribution in [1.82, 2.24) is 0 Å². The molecule has 0 spiro atoms. The molecule has 0 atom stereocenters. The molecule has 1 aromatic rings. The molecule has 1 aliphatic rings. The van der Waals surface area contributed by atoms with Crippen LogP contribution in [0.1, 0.15) is 12.5 Å². The quantitative estimate of drug-likeness (QED) is 0.810. The smallest absolute Gasteiger partial charge is 0.250 e. The summed E-state index contributed by atoms with van der Waals surface area (Å²) in [7, 11) is 0. The highest BCUT2D eigenvalue weighted by atomic mass is 16.5. The molecule has 1 aromatic carbocycles. The summed E-state index contributed by atoms with van der Waals surface area (Å²) in [5, 5.41) is 6.09. The molecule has 0 fully saturated rings. The van der Waals surface area contributed by atoms with Crippen LogP contribution in [-0.2, 0) is 16.0 Å². The standard InChI is InChI=1S/C12H16N2O2/c1-2-16-8-12(15)14-10-3-4-11-9(7-10)5-6-13-11/h3-4,7,13H,2,5-6,8H2,1H3,(H,14,15). The average Bonchev–Trinajstić information content (AvgIpc) is 2.73. The first-order chi connectivity index (χ1) is 7.79. The van der Waals surface area contributed by atoms with E-state index in [9.17, 15) is 4.79 Å². The normalized spacial score (nSPS) is 13.1. The van der Waals surface area contributed by atoms with Gasteiger partial charge in [0.2, 0.25) is 5.91 Å². The molecule has 86 valence electrons. The summed E-state index contributed by atoms with van der Waals surface area (Å²) in [5.41, 5.74) is 3.27. The Bertz CT molecular complexity index is 391. The van der Waals surface area contributed by atoms with Crippen LogP contribution < -0.4 is 10.6 Å². The van der Waals surface area contributed by atoms with Crippen LogP contribution in [0.15, 0.2) is 18.2 Å². The number of ether oxygens (including phenoxy) is 1. The second-order valence-electron chi connectivity index (χ2n) is 3.73. The number of benzene rings is 1. The maximum Gasteiger partial charge on any atom is 0.250 e. The summed E-state index contributed by atoms with van der Waals surface area (Å²) in [6.07, 6.45) is 1.02. The predicted molar refractivity (Wildman–Crippen MR) is 63.8 cm³/mol. The summed E-state index contributed by atoms with van der Waals surface area (Å²) in [6.45, 7) is 3.52. The summed E-state index contributed by atoms with van der Waals surface area (Å²) in [6, 6.07) is 5.92. The van der Waals surface area contributed by atoms with Crippen molar-refractivity contribution in [2.45, 2.75) is 13.3 Å². The van der Waals surface area contributed by atoms with Gasteiger partial charge in [-0.05, 0) is 37.1 Å². The van der Waals surface area contributed by atoms with Crippen LogP contribution in [0.4, 0.5) is 11.4 Å². The molecule has 2 N–H and O–H groups in total. The third-order valence-electron chi connectivity index (χ3n) is 2.54. The Labute approximate surface area is 95.0 Å². The van der Waals surface area contributed by atoms with Gasteiger partial charge in [0.15, 0.2) is 0 Å². The van der Waals surface area contributed by atoms with Gasteiger partial charge in [-0.15, -0.1) is 0 Å². The van der Waals surface area contributed by atoms with Gasteiger partial charge in [0.05, 0.1) is 0 Å². The van der Waals surface area contributed by atoms with Crippen molar-refractivity contribution < 1.29 is 9.53 Å². The van der Waals surface area contributed by atoms with E-state index >= 15 is 0 Å². The molecule has 0 bridgehead atoms. The zero-order valence-electron chi connectivity index (χ0n) is 9.38. The maximum absolute atomic E-state index is 11.4. The summed E-state index contributed by atoms with van der Waals surface area (Å²) >= 11 is 0. The van der Waals surface area contributed by atoms with Gasteiger partial charge in [-0.3, -0.25) is 4.79 Å². The topological polar surface area (TPSA) is 50.4 Å². The van der Waals surface area contributed by atoms with Crippen molar-refractivity contribution in [3.63, 3.8) is 0 Å². The van der Waals surface area contributed by atoms with Crippen LogP contribution in [0.2, 0.25) is 0 Å². The second kappa shape index (κ2) is 4.99. The van der Waals surface area contributed by atoms with Crippen molar-refractivity contribution in [3.05, 3.63) is 23.8 Å². The largest absolute Gasteiger partial charge is 0.384 e. The Kier molecular flexibility index (Phi) is 3.41. The Morgan fingerprint density at radius 1 is 1.56 bits per heavy atom. The maximum atomic E-state index is 11.4. The number of rotatable bonds is 4. The number of nitrogens with one attached hydrogen (secondary N) is 2. The number of amides is 1. The zero-order chi connectivity index (χ0) is 11.4. The van der Waals surface area contributed by atoms with Gasteiger partial charge in [0.1, 0.15) is 6.61 Å². The van der Waals surface area contributed by atoms with E-state index < -0.39 is 0 Å². The lowest BCUT2D eigenvalue weighted by atomic mass is 10.1. The van der Waals surface area contributed by atoms with E-state index in [2.05, 4.69) is 10.6 Å². The first kappa shape index (κ1) is 11.0. The fourth-order valence-corrected chi connectivity index (χ4v) is 1.77. The fraction of sp³-hybridized carbons (Fsp3) is 0.417. The van der Waals surface area contributed by atoms with Gasteiger partial charge < -0.3 is 15.4 Å². The minimum Gasteiger partial charge on any atom is -0.384 e. The van der Waals surface area contributed by atoms with Gasteiger partial charge >= 0.3 is 0 Å². The number of carbonyl (C=O) groups is 1. The number of hydrogen-bond acceptors (Lipinski definition) is 3. The molecule has 0 unspecified atom stereocenters. The highest BCUT2D eigenvalue weighted by molar-refractivity contribution is 5.92. The lowest BCUT2D eigenvalue weighted by molar-refractivity contribution is -0.120. The molecule has 0 saturated carbocycles.